The molecular weight excluding hydrogens is 480 g/mol. The second-order valence-electron chi connectivity index (χ2n) is 7.44. The van der Waals surface area contributed by atoms with Gasteiger partial charge in [0.1, 0.15) is 5.82 Å². The van der Waals surface area contributed by atoms with Crippen molar-refractivity contribution in [1.82, 2.24) is 25.1 Å². The molecule has 2 aromatic heterocycles. The number of carbonyl (C=O) groups excluding carboxylic acids is 1. The van der Waals surface area contributed by atoms with Gasteiger partial charge < -0.3 is 15.0 Å². The maximum Gasteiger partial charge on any atom is 0.252 e. The average molecular weight is 505 g/mol. The van der Waals surface area contributed by atoms with Crippen molar-refractivity contribution >= 4 is 50.5 Å². The number of nitrogens with one attached hydrogen (secondary N) is 1. The van der Waals surface area contributed by atoms with Crippen LogP contribution in [0.2, 0.25) is 0 Å². The van der Waals surface area contributed by atoms with Crippen molar-refractivity contribution in [3.8, 4) is 0 Å². The highest BCUT2D eigenvalue weighted by atomic mass is 79.9. The number of benzene rings is 1. The molecule has 10 heteroatoms. The summed E-state index contributed by atoms with van der Waals surface area (Å²) >= 11 is 5.06. The summed E-state index contributed by atoms with van der Waals surface area (Å²) in [5, 5.41) is 9.54. The van der Waals surface area contributed by atoms with Gasteiger partial charge in [0.15, 0.2) is 10.8 Å². The van der Waals surface area contributed by atoms with Crippen LogP contribution >= 0.6 is 27.7 Å². The quantitative estimate of drug-likeness (QED) is 0.390. The molecule has 1 amide bonds. The molecule has 0 atom stereocenters. The summed E-state index contributed by atoms with van der Waals surface area (Å²) < 4.78 is 8.11. The van der Waals surface area contributed by atoms with E-state index in [1.165, 1.54) is 0 Å². The molecule has 4 rings (SSSR count). The van der Waals surface area contributed by atoms with Gasteiger partial charge in [-0.2, -0.15) is 5.10 Å². The zero-order valence-electron chi connectivity index (χ0n) is 17.5. The second kappa shape index (κ2) is 9.97. The first-order chi connectivity index (χ1) is 15.0. The largest absolute Gasteiger partial charge is 0.378 e. The summed E-state index contributed by atoms with van der Waals surface area (Å²) in [7, 11) is 0. The molecule has 0 spiro atoms. The van der Waals surface area contributed by atoms with Crippen LogP contribution in [0.4, 0.5) is 5.82 Å². The van der Waals surface area contributed by atoms with Crippen LogP contribution in [-0.2, 0) is 11.3 Å². The predicted octanol–water partition coefficient (Wildman–Crippen LogP) is 3.36. The second-order valence-corrected chi connectivity index (χ2v) is 9.83. The summed E-state index contributed by atoms with van der Waals surface area (Å²) in [5.74, 6) is 0.781. The number of thioether (sulfide) groups is 1. The number of amides is 1. The highest BCUT2D eigenvalue weighted by molar-refractivity contribution is 9.10. The monoisotopic (exact) mass is 504 g/mol. The van der Waals surface area contributed by atoms with Gasteiger partial charge in [0.05, 0.1) is 36.9 Å². The number of aromatic nitrogens is 4. The van der Waals surface area contributed by atoms with E-state index in [1.807, 2.05) is 29.1 Å². The molecule has 1 aliphatic rings. The summed E-state index contributed by atoms with van der Waals surface area (Å²) in [6.45, 7) is 8.19. The molecule has 1 N–H and O–H groups in total. The molecule has 3 aromatic rings. The van der Waals surface area contributed by atoms with Crippen molar-refractivity contribution < 1.29 is 9.53 Å². The van der Waals surface area contributed by atoms with E-state index in [1.54, 1.807) is 17.8 Å². The summed E-state index contributed by atoms with van der Waals surface area (Å²) in [5.41, 5.74) is 1.40. The molecule has 1 fully saturated rings. The Morgan fingerprint density at radius 3 is 2.77 bits per heavy atom. The molecule has 1 aromatic carbocycles. The maximum atomic E-state index is 12.5. The minimum Gasteiger partial charge on any atom is -0.378 e. The van der Waals surface area contributed by atoms with Crippen LogP contribution < -0.4 is 10.2 Å². The minimum atomic E-state index is -0.122. The van der Waals surface area contributed by atoms with Crippen molar-refractivity contribution in [3.63, 3.8) is 0 Å². The van der Waals surface area contributed by atoms with E-state index in [0.717, 1.165) is 39.6 Å². The number of rotatable bonds is 7. The fraction of sp³-hybridized carbons (Fsp3) is 0.429. The maximum absolute atomic E-state index is 12.5. The first-order valence-electron chi connectivity index (χ1n) is 10.3. The molecule has 0 radical (unpaired) electrons. The van der Waals surface area contributed by atoms with Crippen LogP contribution in [-0.4, -0.2) is 63.8 Å². The Hall–Kier alpha value is -2.17. The van der Waals surface area contributed by atoms with Gasteiger partial charge in [0, 0.05) is 29.4 Å². The van der Waals surface area contributed by atoms with Crippen LogP contribution in [0.25, 0.3) is 11.0 Å². The molecule has 31 heavy (non-hydrogen) atoms. The number of morpholine rings is 1. The lowest BCUT2D eigenvalue weighted by Crippen LogP contribution is -2.37. The zero-order valence-corrected chi connectivity index (χ0v) is 19.9. The van der Waals surface area contributed by atoms with Crippen LogP contribution in [0, 0.1) is 0 Å². The lowest BCUT2D eigenvalue weighted by molar-refractivity contribution is 0.0951. The van der Waals surface area contributed by atoms with E-state index in [4.69, 9.17) is 14.7 Å². The fourth-order valence-corrected chi connectivity index (χ4v) is 4.55. The van der Waals surface area contributed by atoms with Crippen molar-refractivity contribution in [1.29, 1.82) is 0 Å². The minimum absolute atomic E-state index is 0.122. The standard InChI is InChI=1S/C21H25BrN6O2S/c1-14(2)31-21-25-18(27-9-11-30-12-10-27)16-13-24-28(19(16)26-21)8-7-23-20(29)15-5-3-4-6-17(15)22/h3-6,13-14H,7-12H2,1-2H3,(H,23,29). The Kier molecular flexibility index (Phi) is 7.09. The fourth-order valence-electron chi connectivity index (χ4n) is 3.38. The zero-order chi connectivity index (χ0) is 21.8. The van der Waals surface area contributed by atoms with E-state index in [0.29, 0.717) is 37.1 Å². The third-order valence-corrected chi connectivity index (χ3v) is 6.39. The van der Waals surface area contributed by atoms with Gasteiger partial charge in [0.25, 0.3) is 5.91 Å². The van der Waals surface area contributed by atoms with Crippen LogP contribution in [0.1, 0.15) is 24.2 Å². The topological polar surface area (TPSA) is 85.2 Å². The van der Waals surface area contributed by atoms with Crippen LogP contribution in [0.5, 0.6) is 0 Å². The highest BCUT2D eigenvalue weighted by Crippen LogP contribution is 2.29. The van der Waals surface area contributed by atoms with Crippen molar-refractivity contribution in [2.24, 2.45) is 0 Å². The van der Waals surface area contributed by atoms with Crippen molar-refractivity contribution in [2.75, 3.05) is 37.7 Å². The summed E-state index contributed by atoms with van der Waals surface area (Å²) in [4.78, 5) is 24.3. The highest BCUT2D eigenvalue weighted by Gasteiger charge is 2.20. The van der Waals surface area contributed by atoms with Crippen molar-refractivity contribution in [2.45, 2.75) is 30.8 Å². The number of carbonyl (C=O) groups is 1. The van der Waals surface area contributed by atoms with Gasteiger partial charge in [-0.3, -0.25) is 4.79 Å². The number of nitrogens with zero attached hydrogens (tertiary/aromatic N) is 5. The van der Waals surface area contributed by atoms with Gasteiger partial charge in [-0.05, 0) is 28.1 Å². The normalized spacial score (nSPS) is 14.4. The molecule has 3 heterocycles. The molecule has 0 bridgehead atoms. The van der Waals surface area contributed by atoms with Gasteiger partial charge in [-0.1, -0.05) is 37.7 Å². The molecule has 1 saturated heterocycles. The third-order valence-electron chi connectivity index (χ3n) is 4.83. The number of hydrogen-bond acceptors (Lipinski definition) is 7. The van der Waals surface area contributed by atoms with Gasteiger partial charge in [0.2, 0.25) is 0 Å². The Morgan fingerprint density at radius 2 is 2.03 bits per heavy atom. The van der Waals surface area contributed by atoms with E-state index >= 15 is 0 Å². The lowest BCUT2D eigenvalue weighted by atomic mass is 10.2. The van der Waals surface area contributed by atoms with E-state index in [9.17, 15) is 4.79 Å². The number of anilines is 1. The molecule has 1 aliphatic heterocycles. The summed E-state index contributed by atoms with van der Waals surface area (Å²) in [6.07, 6.45) is 1.82. The molecule has 164 valence electrons. The molecule has 8 nitrogen and oxygen atoms in total. The van der Waals surface area contributed by atoms with Crippen LogP contribution in [0.15, 0.2) is 40.1 Å². The van der Waals surface area contributed by atoms with Gasteiger partial charge in [-0.15, -0.1) is 0 Å². The number of ether oxygens (including phenoxy) is 1. The SMILES string of the molecule is CC(C)Sc1nc(N2CCOCC2)c2cnn(CCNC(=O)c3ccccc3Br)c2n1. The van der Waals surface area contributed by atoms with Gasteiger partial charge in [-0.25, -0.2) is 14.6 Å². The average Bonchev–Trinajstić information content (AvgIpc) is 3.16. The Balaban J connectivity index is 1.55. The number of halogens is 1. The first kappa shape index (κ1) is 22.0. The predicted molar refractivity (Wildman–Crippen MR) is 126 cm³/mol. The first-order valence-corrected chi connectivity index (χ1v) is 12.0. The Bertz CT molecular complexity index is 1070. The van der Waals surface area contributed by atoms with E-state index in [2.05, 4.69) is 45.1 Å². The Labute approximate surface area is 193 Å². The van der Waals surface area contributed by atoms with E-state index in [-0.39, 0.29) is 5.91 Å². The number of hydrogen-bond donors (Lipinski definition) is 1. The van der Waals surface area contributed by atoms with Gasteiger partial charge >= 0.3 is 0 Å². The molecule has 0 saturated carbocycles. The molecule has 0 aliphatic carbocycles. The smallest absolute Gasteiger partial charge is 0.252 e. The van der Waals surface area contributed by atoms with Crippen molar-refractivity contribution in [3.05, 3.63) is 40.5 Å². The summed E-state index contributed by atoms with van der Waals surface area (Å²) in [6, 6.07) is 7.38. The number of fused-ring (bicyclic) bond motifs is 1. The lowest BCUT2D eigenvalue weighted by Gasteiger charge is -2.28. The van der Waals surface area contributed by atoms with E-state index < -0.39 is 0 Å². The molecular formula is C21H25BrN6O2S. The van der Waals surface area contributed by atoms with Crippen LogP contribution in [0.3, 0.4) is 0 Å². The molecule has 0 unspecified atom stereocenters. The Morgan fingerprint density at radius 1 is 1.26 bits per heavy atom. The third kappa shape index (κ3) is 5.19.